The maximum atomic E-state index is 12.2. The molecule has 0 radical (unpaired) electrons. The molecule has 0 bridgehead atoms. The summed E-state index contributed by atoms with van der Waals surface area (Å²) in [6, 6.07) is 4.17. The highest BCUT2D eigenvalue weighted by atomic mass is 35.5. The molecule has 0 fully saturated rings. The summed E-state index contributed by atoms with van der Waals surface area (Å²) in [5, 5.41) is 1.34. The quantitative estimate of drug-likeness (QED) is 0.805. The summed E-state index contributed by atoms with van der Waals surface area (Å²) in [6.45, 7) is 0. The van der Waals surface area contributed by atoms with Crippen LogP contribution < -0.4 is 5.32 Å². The number of amides is 1. The molecule has 0 aromatic heterocycles. The third-order valence-corrected chi connectivity index (χ3v) is 2.46. The molecule has 0 aliphatic carbocycles. The van der Waals surface area contributed by atoms with Gasteiger partial charge in [-0.15, -0.1) is 11.6 Å². The molecule has 6 heteroatoms. The lowest BCUT2D eigenvalue weighted by Gasteiger charge is -2.10. The summed E-state index contributed by atoms with van der Waals surface area (Å²) in [4.78, 5) is 11.1. The Morgan fingerprint density at radius 2 is 1.81 bits per heavy atom. The molecule has 0 heterocycles. The Labute approximate surface area is 95.4 Å². The van der Waals surface area contributed by atoms with E-state index in [4.69, 9.17) is 11.6 Å². The second-order valence-electron chi connectivity index (χ2n) is 3.10. The maximum Gasteiger partial charge on any atom is 0.416 e. The fraction of sp³-hybridized carbons (Fsp3) is 0.300. The third-order valence-electron chi connectivity index (χ3n) is 2.01. The Hall–Kier alpha value is -1.23. The van der Waals surface area contributed by atoms with Crippen molar-refractivity contribution in [3.05, 3.63) is 35.4 Å². The topological polar surface area (TPSA) is 29.1 Å². The van der Waals surface area contributed by atoms with Crippen LogP contribution in [-0.4, -0.2) is 13.0 Å². The Morgan fingerprint density at radius 1 is 1.31 bits per heavy atom. The zero-order valence-corrected chi connectivity index (χ0v) is 9.06. The summed E-state index contributed by atoms with van der Waals surface area (Å²) in [5.74, 6) is -0.457. The van der Waals surface area contributed by atoms with Gasteiger partial charge in [-0.2, -0.15) is 13.2 Å². The van der Waals surface area contributed by atoms with Gasteiger partial charge in [-0.25, -0.2) is 0 Å². The lowest BCUT2D eigenvalue weighted by molar-refractivity contribution is -0.137. The van der Waals surface area contributed by atoms with E-state index in [0.717, 1.165) is 12.1 Å². The van der Waals surface area contributed by atoms with E-state index in [2.05, 4.69) is 5.32 Å². The van der Waals surface area contributed by atoms with Gasteiger partial charge in [0.25, 0.3) is 0 Å². The van der Waals surface area contributed by atoms with Crippen LogP contribution in [0.1, 0.15) is 16.5 Å². The minimum absolute atomic E-state index is 0.328. The van der Waals surface area contributed by atoms with Crippen LogP contribution in [0.2, 0.25) is 0 Å². The van der Waals surface area contributed by atoms with Crippen molar-refractivity contribution in [1.29, 1.82) is 0 Å². The molecule has 88 valence electrons. The van der Waals surface area contributed by atoms with E-state index in [1.807, 2.05) is 0 Å². The van der Waals surface area contributed by atoms with Gasteiger partial charge < -0.3 is 5.32 Å². The number of benzene rings is 1. The predicted octanol–water partition coefficient (Wildman–Crippen LogP) is 2.73. The number of likely N-dealkylation sites (N-methyl/N-ethyl adjacent to an activating group) is 1. The maximum absolute atomic E-state index is 12.2. The summed E-state index contributed by atoms with van der Waals surface area (Å²) in [5.41, 5.74) is -0.439. The third kappa shape index (κ3) is 2.88. The largest absolute Gasteiger partial charge is 0.416 e. The highest BCUT2D eigenvalue weighted by Gasteiger charge is 2.30. The van der Waals surface area contributed by atoms with Crippen molar-refractivity contribution in [2.75, 3.05) is 7.05 Å². The summed E-state index contributed by atoms with van der Waals surface area (Å²) < 4.78 is 36.7. The number of hydrogen-bond acceptors (Lipinski definition) is 1. The molecule has 1 aromatic rings. The number of hydrogen-bond donors (Lipinski definition) is 1. The molecule has 2 nitrogen and oxygen atoms in total. The second kappa shape index (κ2) is 4.74. The molecule has 1 amide bonds. The van der Waals surface area contributed by atoms with Crippen LogP contribution >= 0.6 is 11.6 Å². The van der Waals surface area contributed by atoms with Gasteiger partial charge in [0.2, 0.25) is 5.91 Å². The van der Waals surface area contributed by atoms with Crippen molar-refractivity contribution >= 4 is 17.5 Å². The van der Waals surface area contributed by atoms with Gasteiger partial charge in [0, 0.05) is 7.05 Å². The summed E-state index contributed by atoms with van der Waals surface area (Å²) in [6.07, 6.45) is -4.38. The second-order valence-corrected chi connectivity index (χ2v) is 3.53. The smallest absolute Gasteiger partial charge is 0.358 e. The van der Waals surface area contributed by atoms with Crippen molar-refractivity contribution < 1.29 is 18.0 Å². The molecule has 1 aromatic carbocycles. The number of nitrogens with one attached hydrogen (secondary N) is 1. The molecule has 0 spiro atoms. The van der Waals surface area contributed by atoms with Crippen LogP contribution in [0.3, 0.4) is 0 Å². The Morgan fingerprint density at radius 3 is 2.19 bits per heavy atom. The first kappa shape index (κ1) is 12.8. The minimum atomic E-state index is -4.38. The lowest BCUT2D eigenvalue weighted by atomic mass is 10.1. The van der Waals surface area contributed by atoms with E-state index >= 15 is 0 Å². The molecule has 1 unspecified atom stereocenters. The molecule has 0 saturated carbocycles. The zero-order valence-electron chi connectivity index (χ0n) is 8.31. The predicted molar refractivity (Wildman–Crippen MR) is 54.1 cm³/mol. The van der Waals surface area contributed by atoms with E-state index in [1.54, 1.807) is 0 Å². The molecule has 0 aliphatic rings. The lowest BCUT2D eigenvalue weighted by Crippen LogP contribution is -2.22. The molecular weight excluding hydrogens is 243 g/mol. The van der Waals surface area contributed by atoms with E-state index in [-0.39, 0.29) is 0 Å². The average molecular weight is 252 g/mol. The number of carbonyl (C=O) groups is 1. The first-order valence-electron chi connectivity index (χ1n) is 4.39. The number of alkyl halides is 4. The van der Waals surface area contributed by atoms with E-state index in [0.29, 0.717) is 5.56 Å². The fourth-order valence-electron chi connectivity index (χ4n) is 1.12. The van der Waals surface area contributed by atoms with Crippen LogP contribution in [0.15, 0.2) is 24.3 Å². The average Bonchev–Trinajstić information content (AvgIpc) is 2.26. The molecule has 0 saturated heterocycles. The summed E-state index contributed by atoms with van der Waals surface area (Å²) >= 11 is 5.73. The molecule has 1 N–H and O–H groups in total. The first-order valence-corrected chi connectivity index (χ1v) is 4.82. The SMILES string of the molecule is CNC(=O)C(Cl)c1ccc(C(F)(F)F)cc1. The Balaban J connectivity index is 2.91. The zero-order chi connectivity index (χ0) is 12.3. The van der Waals surface area contributed by atoms with Gasteiger partial charge in [-0.05, 0) is 17.7 Å². The molecule has 1 atom stereocenters. The minimum Gasteiger partial charge on any atom is -0.358 e. The van der Waals surface area contributed by atoms with Crippen molar-refractivity contribution in [2.24, 2.45) is 0 Å². The van der Waals surface area contributed by atoms with Crippen molar-refractivity contribution in [3.8, 4) is 0 Å². The monoisotopic (exact) mass is 251 g/mol. The Kier molecular flexibility index (Phi) is 3.80. The number of halogens is 4. The highest BCUT2D eigenvalue weighted by molar-refractivity contribution is 6.30. The molecule has 16 heavy (non-hydrogen) atoms. The van der Waals surface area contributed by atoms with E-state index < -0.39 is 23.0 Å². The number of carbonyl (C=O) groups excluding carboxylic acids is 1. The van der Waals surface area contributed by atoms with E-state index in [9.17, 15) is 18.0 Å². The van der Waals surface area contributed by atoms with Crippen molar-refractivity contribution in [2.45, 2.75) is 11.6 Å². The van der Waals surface area contributed by atoms with Crippen LogP contribution in [0.25, 0.3) is 0 Å². The van der Waals surface area contributed by atoms with Gasteiger partial charge >= 0.3 is 6.18 Å². The van der Waals surface area contributed by atoms with Crippen LogP contribution in [0, 0.1) is 0 Å². The first-order chi connectivity index (χ1) is 7.36. The van der Waals surface area contributed by atoms with Crippen LogP contribution in [-0.2, 0) is 11.0 Å². The van der Waals surface area contributed by atoms with E-state index in [1.165, 1.54) is 19.2 Å². The van der Waals surface area contributed by atoms with Gasteiger partial charge in [-0.3, -0.25) is 4.79 Å². The fourth-order valence-corrected chi connectivity index (χ4v) is 1.37. The van der Waals surface area contributed by atoms with Gasteiger partial charge in [0.1, 0.15) is 5.38 Å². The standard InChI is InChI=1S/C10H9ClF3NO/c1-15-9(16)8(11)6-2-4-7(5-3-6)10(12,13)14/h2-5,8H,1H3,(H,15,16). The van der Waals surface area contributed by atoms with Gasteiger partial charge in [-0.1, -0.05) is 12.1 Å². The van der Waals surface area contributed by atoms with Crippen molar-refractivity contribution in [3.63, 3.8) is 0 Å². The normalized spacial score (nSPS) is 13.3. The highest BCUT2D eigenvalue weighted by Crippen LogP contribution is 2.30. The van der Waals surface area contributed by atoms with Gasteiger partial charge in [0.15, 0.2) is 0 Å². The molecular formula is C10H9ClF3NO. The Bertz CT molecular complexity index is 375. The molecule has 1 rings (SSSR count). The summed E-state index contributed by atoms with van der Waals surface area (Å²) in [7, 11) is 1.40. The number of rotatable bonds is 2. The molecule has 0 aliphatic heterocycles. The van der Waals surface area contributed by atoms with Gasteiger partial charge in [0.05, 0.1) is 5.56 Å². The van der Waals surface area contributed by atoms with Crippen LogP contribution in [0.5, 0.6) is 0 Å². The van der Waals surface area contributed by atoms with Crippen molar-refractivity contribution in [1.82, 2.24) is 5.32 Å². The van der Waals surface area contributed by atoms with Crippen LogP contribution in [0.4, 0.5) is 13.2 Å².